The molecule has 3 nitrogen and oxygen atoms in total. The van der Waals surface area contributed by atoms with Gasteiger partial charge in [0, 0.05) is 32.8 Å². The van der Waals surface area contributed by atoms with Crippen LogP contribution in [-0.4, -0.2) is 51.3 Å². The van der Waals surface area contributed by atoms with Gasteiger partial charge in [-0.15, -0.1) is 0 Å². The minimum atomic E-state index is 0.476. The third-order valence-corrected chi connectivity index (χ3v) is 4.07. The highest BCUT2D eigenvalue weighted by Crippen LogP contribution is 2.35. The van der Waals surface area contributed by atoms with E-state index in [-0.39, 0.29) is 0 Å². The molecule has 1 unspecified atom stereocenters. The van der Waals surface area contributed by atoms with Crippen LogP contribution in [0, 0.1) is 5.41 Å². The molecular weight excluding hydrogens is 212 g/mol. The first-order valence-electron chi connectivity index (χ1n) is 6.97. The summed E-state index contributed by atoms with van der Waals surface area (Å²) in [6.45, 7) is 8.85. The molecule has 3 heteroatoms. The summed E-state index contributed by atoms with van der Waals surface area (Å²) in [4.78, 5) is 2.33. The second kappa shape index (κ2) is 7.34. The van der Waals surface area contributed by atoms with E-state index in [1.165, 1.54) is 25.7 Å². The highest BCUT2D eigenvalue weighted by Gasteiger charge is 2.31. The van der Waals surface area contributed by atoms with E-state index < -0.39 is 0 Å². The van der Waals surface area contributed by atoms with E-state index in [1.54, 1.807) is 7.11 Å². The van der Waals surface area contributed by atoms with Crippen LogP contribution in [0.25, 0.3) is 0 Å². The molecule has 0 aromatic rings. The van der Waals surface area contributed by atoms with Gasteiger partial charge in [-0.25, -0.2) is 0 Å². The number of nitrogens with one attached hydrogen (secondary N) is 1. The van der Waals surface area contributed by atoms with E-state index in [0.29, 0.717) is 11.5 Å². The lowest BCUT2D eigenvalue weighted by atomic mass is 9.73. The average molecular weight is 242 g/mol. The van der Waals surface area contributed by atoms with Gasteiger partial charge in [-0.3, -0.25) is 0 Å². The van der Waals surface area contributed by atoms with Crippen LogP contribution in [0.1, 0.15) is 39.5 Å². The van der Waals surface area contributed by atoms with Crippen LogP contribution in [0.3, 0.4) is 0 Å². The number of likely N-dealkylation sites (N-methyl/N-ethyl adjacent to an activating group) is 1. The van der Waals surface area contributed by atoms with Crippen LogP contribution in [0.5, 0.6) is 0 Å². The summed E-state index contributed by atoms with van der Waals surface area (Å²) in [7, 11) is 3.92. The SMILES string of the molecule is COCCN(C)CCNC1CCCCC1(C)C. The molecule has 0 radical (unpaired) electrons. The molecule has 1 aliphatic rings. The van der Waals surface area contributed by atoms with Gasteiger partial charge in [-0.1, -0.05) is 26.7 Å². The van der Waals surface area contributed by atoms with Crippen molar-refractivity contribution in [2.75, 3.05) is 40.4 Å². The molecule has 0 bridgehead atoms. The molecule has 0 heterocycles. The molecule has 1 N–H and O–H groups in total. The second-order valence-electron chi connectivity index (χ2n) is 6.04. The van der Waals surface area contributed by atoms with E-state index >= 15 is 0 Å². The summed E-state index contributed by atoms with van der Waals surface area (Å²) in [6.07, 6.45) is 5.50. The molecule has 0 aliphatic heterocycles. The third kappa shape index (κ3) is 5.36. The molecule has 0 spiro atoms. The van der Waals surface area contributed by atoms with Gasteiger partial charge in [0.15, 0.2) is 0 Å². The van der Waals surface area contributed by atoms with Crippen LogP contribution in [0.15, 0.2) is 0 Å². The molecule has 1 fully saturated rings. The fraction of sp³-hybridized carbons (Fsp3) is 1.00. The van der Waals surface area contributed by atoms with Crippen molar-refractivity contribution < 1.29 is 4.74 Å². The van der Waals surface area contributed by atoms with Crippen LogP contribution in [0.2, 0.25) is 0 Å². The molecule has 1 aliphatic carbocycles. The monoisotopic (exact) mass is 242 g/mol. The van der Waals surface area contributed by atoms with Crippen LogP contribution >= 0.6 is 0 Å². The zero-order valence-corrected chi connectivity index (χ0v) is 12.1. The van der Waals surface area contributed by atoms with Crippen LogP contribution < -0.4 is 5.32 Å². The van der Waals surface area contributed by atoms with Crippen molar-refractivity contribution in [3.63, 3.8) is 0 Å². The molecule has 1 saturated carbocycles. The zero-order valence-electron chi connectivity index (χ0n) is 12.1. The maximum Gasteiger partial charge on any atom is 0.0589 e. The largest absolute Gasteiger partial charge is 0.383 e. The van der Waals surface area contributed by atoms with Crippen molar-refractivity contribution in [2.24, 2.45) is 5.41 Å². The van der Waals surface area contributed by atoms with E-state index in [2.05, 4.69) is 31.1 Å². The topological polar surface area (TPSA) is 24.5 Å². The Morgan fingerprint density at radius 3 is 2.71 bits per heavy atom. The Morgan fingerprint density at radius 2 is 2.06 bits per heavy atom. The molecule has 0 saturated heterocycles. The van der Waals surface area contributed by atoms with Crippen molar-refractivity contribution in [3.8, 4) is 0 Å². The first-order chi connectivity index (χ1) is 8.06. The van der Waals surface area contributed by atoms with E-state index in [4.69, 9.17) is 4.74 Å². The van der Waals surface area contributed by atoms with Crippen molar-refractivity contribution >= 4 is 0 Å². The molecule has 0 aromatic heterocycles. The minimum absolute atomic E-state index is 0.476. The fourth-order valence-electron chi connectivity index (χ4n) is 2.66. The summed E-state index contributed by atoms with van der Waals surface area (Å²) in [5.74, 6) is 0. The van der Waals surface area contributed by atoms with Gasteiger partial charge in [0.1, 0.15) is 0 Å². The average Bonchev–Trinajstić information content (AvgIpc) is 2.28. The van der Waals surface area contributed by atoms with Crippen molar-refractivity contribution in [1.29, 1.82) is 0 Å². The Labute approximate surface area is 107 Å². The molecule has 0 amide bonds. The second-order valence-corrected chi connectivity index (χ2v) is 6.04. The fourth-order valence-corrected chi connectivity index (χ4v) is 2.66. The molecule has 102 valence electrons. The Kier molecular flexibility index (Phi) is 6.45. The smallest absolute Gasteiger partial charge is 0.0589 e. The zero-order chi connectivity index (χ0) is 12.7. The van der Waals surface area contributed by atoms with E-state index in [0.717, 1.165) is 26.2 Å². The van der Waals surface area contributed by atoms with Crippen molar-refractivity contribution in [3.05, 3.63) is 0 Å². The van der Waals surface area contributed by atoms with Crippen molar-refractivity contribution in [2.45, 2.75) is 45.6 Å². The molecule has 1 rings (SSSR count). The maximum atomic E-state index is 5.08. The number of rotatable bonds is 7. The molecule has 0 aromatic carbocycles. The number of ether oxygens (including phenoxy) is 1. The Balaban J connectivity index is 2.16. The summed E-state index contributed by atoms with van der Waals surface area (Å²) >= 11 is 0. The van der Waals surface area contributed by atoms with Crippen LogP contribution in [-0.2, 0) is 4.74 Å². The summed E-state index contributed by atoms with van der Waals surface area (Å²) in [5.41, 5.74) is 0.476. The third-order valence-electron chi connectivity index (χ3n) is 4.07. The lowest BCUT2D eigenvalue weighted by Crippen LogP contribution is -2.46. The Morgan fingerprint density at radius 1 is 1.29 bits per heavy atom. The Bertz CT molecular complexity index is 206. The van der Waals surface area contributed by atoms with Gasteiger partial charge < -0.3 is 15.0 Å². The Hall–Kier alpha value is -0.120. The van der Waals surface area contributed by atoms with Gasteiger partial charge >= 0.3 is 0 Å². The number of hydrogen-bond acceptors (Lipinski definition) is 3. The van der Waals surface area contributed by atoms with Crippen LogP contribution in [0.4, 0.5) is 0 Å². The quantitative estimate of drug-likeness (QED) is 0.740. The van der Waals surface area contributed by atoms with Gasteiger partial charge in [-0.05, 0) is 25.3 Å². The van der Waals surface area contributed by atoms with Gasteiger partial charge in [0.2, 0.25) is 0 Å². The lowest BCUT2D eigenvalue weighted by molar-refractivity contribution is 0.148. The summed E-state index contributed by atoms with van der Waals surface area (Å²) in [5, 5.41) is 3.74. The first-order valence-corrected chi connectivity index (χ1v) is 6.97. The minimum Gasteiger partial charge on any atom is -0.383 e. The van der Waals surface area contributed by atoms with E-state index in [9.17, 15) is 0 Å². The molecule has 1 atom stereocenters. The number of nitrogens with zero attached hydrogens (tertiary/aromatic N) is 1. The highest BCUT2D eigenvalue weighted by atomic mass is 16.5. The maximum absolute atomic E-state index is 5.08. The summed E-state index contributed by atoms with van der Waals surface area (Å²) < 4.78 is 5.08. The molecular formula is C14H30N2O. The highest BCUT2D eigenvalue weighted by molar-refractivity contribution is 4.87. The van der Waals surface area contributed by atoms with Gasteiger partial charge in [0.05, 0.1) is 6.61 Å². The summed E-state index contributed by atoms with van der Waals surface area (Å²) in [6, 6.07) is 0.701. The first kappa shape index (κ1) is 14.9. The van der Waals surface area contributed by atoms with E-state index in [1.807, 2.05) is 0 Å². The number of hydrogen-bond donors (Lipinski definition) is 1. The predicted molar refractivity (Wildman–Crippen MR) is 73.4 cm³/mol. The lowest BCUT2D eigenvalue weighted by Gasteiger charge is -2.39. The van der Waals surface area contributed by atoms with Gasteiger partial charge in [0.25, 0.3) is 0 Å². The normalized spacial score (nSPS) is 24.2. The van der Waals surface area contributed by atoms with Crippen molar-refractivity contribution in [1.82, 2.24) is 10.2 Å². The number of methoxy groups -OCH3 is 1. The predicted octanol–water partition coefficient (Wildman–Crippen LogP) is 2.12. The van der Waals surface area contributed by atoms with Gasteiger partial charge in [-0.2, -0.15) is 0 Å². The molecule has 17 heavy (non-hydrogen) atoms. The standard InChI is InChI=1S/C14H30N2O/c1-14(2)8-6-5-7-13(14)15-9-10-16(3)11-12-17-4/h13,15H,5-12H2,1-4H3.